The summed E-state index contributed by atoms with van der Waals surface area (Å²) >= 11 is 0. The van der Waals surface area contributed by atoms with Crippen LogP contribution in [0.5, 0.6) is 11.5 Å². The number of anilines is 3. The number of phenols is 2. The van der Waals surface area contributed by atoms with Gasteiger partial charge >= 0.3 is 17.9 Å². The highest BCUT2D eigenvalue weighted by molar-refractivity contribution is 7.86. The highest BCUT2D eigenvalue weighted by Crippen LogP contribution is 2.31. The van der Waals surface area contributed by atoms with Gasteiger partial charge in [-0.15, -0.1) is 0 Å². The third-order valence-corrected chi connectivity index (χ3v) is 21.0. The van der Waals surface area contributed by atoms with Gasteiger partial charge in [-0.1, -0.05) is 44.2 Å². The number of benzene rings is 6. The van der Waals surface area contributed by atoms with Crippen molar-refractivity contribution < 1.29 is 120 Å². The van der Waals surface area contributed by atoms with Crippen LogP contribution in [0.1, 0.15) is 94.7 Å². The average molecular weight is 1780 g/mol. The van der Waals surface area contributed by atoms with Gasteiger partial charge in [0, 0.05) is 17.3 Å². The molecule has 3 aliphatic heterocycles. The molecule has 0 aliphatic carbocycles. The summed E-state index contributed by atoms with van der Waals surface area (Å²) in [7, 11) is -17.9. The Balaban J connectivity index is 0.000000203. The minimum atomic E-state index is -4.51. The summed E-state index contributed by atoms with van der Waals surface area (Å²) < 4.78 is 139. The lowest BCUT2D eigenvalue weighted by Gasteiger charge is -2.11. The van der Waals surface area contributed by atoms with Crippen molar-refractivity contribution in [2.75, 3.05) is 28.5 Å². The number of carbonyl (C=O) groups is 7. The molecule has 0 saturated heterocycles. The quantitative estimate of drug-likeness (QED) is 0.00411. The van der Waals surface area contributed by atoms with Gasteiger partial charge in [0.15, 0.2) is 17.1 Å². The Labute approximate surface area is 701 Å². The second kappa shape index (κ2) is 39.6. The molecule has 0 unspecified atom stereocenters. The van der Waals surface area contributed by atoms with Gasteiger partial charge in [0.1, 0.15) is 18.1 Å². The van der Waals surface area contributed by atoms with Crippen LogP contribution in [0, 0.1) is 6.92 Å². The molecule has 0 radical (unpaired) electrons. The number of hydrogen-bond donors (Lipinski definition) is 14. The summed E-state index contributed by atoms with van der Waals surface area (Å²) in [6, 6.07) is 27.8. The van der Waals surface area contributed by atoms with Gasteiger partial charge in [-0.2, -0.15) is 59.0 Å². The number of hydrogen-bond acceptors (Lipinski definition) is 27. The van der Waals surface area contributed by atoms with Crippen LogP contribution in [0.15, 0.2) is 236 Å². The van der Waals surface area contributed by atoms with E-state index in [1.807, 2.05) is 26.0 Å². The SMILES string of the molecule is CC1=NNC(=O)C1=Cc1c(C)[nH][nH]c1=O.CCOC(=O)C1=NN(c2ccc(S(=O)(=O)O)cc2)C(=O)C1=CC=CC=Cc1c(C(=O)OCC)[nH]n(-c2ccc(S(=O)(=O)O)cc2)c1=O.CCc1cc(CC)cc(C(=O)Nc2cc(O)ccc2O)c1.O=C(O)C1=NN(c2ccc(S(=O)(=O)O)cc2)C(=O)C1=CC=Cc1c(COO)[nH]n(-c2ccc(S(=O)(=O)O)cc2)c1=O. The van der Waals surface area contributed by atoms with E-state index >= 15 is 0 Å². The number of aromatic hydroxyl groups is 2. The number of aryl methyl sites for hydroxylation is 3. The summed E-state index contributed by atoms with van der Waals surface area (Å²) in [5, 5.41) is 63.8. The highest BCUT2D eigenvalue weighted by Gasteiger charge is 2.37. The molecule has 0 spiro atoms. The molecule has 6 aromatic carbocycles. The van der Waals surface area contributed by atoms with E-state index in [2.05, 4.69) is 57.4 Å². The molecule has 0 fully saturated rings. The highest BCUT2D eigenvalue weighted by atomic mass is 32.2. The molecule has 3 aliphatic rings. The van der Waals surface area contributed by atoms with Crippen LogP contribution in [0.3, 0.4) is 0 Å². The van der Waals surface area contributed by atoms with Crippen LogP contribution < -0.4 is 37.4 Å². The molecule has 124 heavy (non-hydrogen) atoms. The van der Waals surface area contributed by atoms with Gasteiger partial charge in [-0.05, 0) is 203 Å². The number of nitrogens with one attached hydrogen (secondary N) is 6. The maximum atomic E-state index is 13.2. The molecule has 0 saturated carbocycles. The summed E-state index contributed by atoms with van der Waals surface area (Å²) in [6.07, 6.45) is 13.3. The summed E-state index contributed by atoms with van der Waals surface area (Å²) in [5.74, 6) is -5.63. The lowest BCUT2D eigenvalue weighted by Crippen LogP contribution is -2.22. The molecular weight excluding hydrogens is 1710 g/mol. The van der Waals surface area contributed by atoms with Crippen LogP contribution >= 0.6 is 0 Å². The number of rotatable bonds is 25. The van der Waals surface area contributed by atoms with E-state index in [-0.39, 0.29) is 110 Å². The topological polar surface area (TPSA) is 637 Å². The van der Waals surface area contributed by atoms with Crippen molar-refractivity contribution >= 4 is 134 Å². The van der Waals surface area contributed by atoms with Gasteiger partial charge in [-0.3, -0.25) is 72.3 Å². The number of carboxylic acid groups (broad SMARTS) is 1. The van der Waals surface area contributed by atoms with E-state index in [0.29, 0.717) is 33.1 Å². The zero-order chi connectivity index (χ0) is 91.0. The monoisotopic (exact) mass is 1780 g/mol. The zero-order valence-electron chi connectivity index (χ0n) is 65.3. The van der Waals surface area contributed by atoms with Gasteiger partial charge in [0.2, 0.25) is 0 Å². The van der Waals surface area contributed by atoms with Gasteiger partial charge in [0.05, 0.1) is 106 Å². The molecule has 3 aromatic heterocycles. The van der Waals surface area contributed by atoms with Gasteiger partial charge in [-0.25, -0.2) is 34.1 Å². The second-order valence-corrected chi connectivity index (χ2v) is 31.4. The molecular formula is C78H73N13O29S4. The standard InChI is InChI=1S/C29H26N4O12S2.C23H18N4O12S2.C17H19NO3.C9H10N4O2/c1-3-44-28(36)24-22(26(34)32(30-24)18-10-14-20(15-11-18)46(38,39)40)8-6-5-7-9-23-25(29(37)45-4-2)31-33(27(23)35)19-12-16-21(17-13-19)47(41,42)43;28-21-17(19(12-39-32)24-26(21)13-4-8-15(9-5-13)40(33,34)35)2-1-3-18-20(23(30)31)25-27(22(18)29)14-6-10-16(11-7-14)41(36,37)38;1-3-11-7-12(4-2)9-13(8-11)17(21)18-15-10-14(19)5-6-16(15)20;1-4-6(8(14)12-10-4)3-7-5(2)11-13-9(7)15/h5-17,30H,3-4H2,1-2H3,(H,38,39,40)(H,41,42,43);1-11,24,32H,12H2,(H,30,31)(H,33,34,35)(H,36,37,38);5-10,19-20H,3-4H2,1-2H3,(H,18,21);3H,1-2H3,(H,12,14)(H2,11,13,15). The number of allylic oxidation sites excluding steroid dienone is 6. The number of phenolic OH excluding ortho intramolecular Hbond substituents is 2. The number of amides is 4. The largest absolute Gasteiger partial charge is 0.508 e. The first-order valence-corrected chi connectivity index (χ1v) is 41.7. The van der Waals surface area contributed by atoms with Crippen molar-refractivity contribution in [3.05, 3.63) is 268 Å². The number of carboxylic acids is 1. The van der Waals surface area contributed by atoms with Crippen molar-refractivity contribution in [2.24, 2.45) is 15.3 Å². The maximum Gasteiger partial charge on any atom is 0.359 e. The fourth-order valence-electron chi connectivity index (χ4n) is 11.3. The number of nitrogens with zero attached hydrogens (tertiary/aromatic N) is 7. The number of H-pyrrole nitrogens is 4. The number of carbonyl (C=O) groups excluding carboxylic acids is 6. The van der Waals surface area contributed by atoms with Crippen LogP contribution in [-0.2, 0) is 98.3 Å². The van der Waals surface area contributed by atoms with Gasteiger partial charge in [0.25, 0.3) is 80.8 Å². The third kappa shape index (κ3) is 22.6. The van der Waals surface area contributed by atoms with E-state index < -0.39 is 113 Å². The van der Waals surface area contributed by atoms with E-state index in [0.717, 1.165) is 105 Å². The van der Waals surface area contributed by atoms with Crippen LogP contribution in [0.25, 0.3) is 29.6 Å². The predicted octanol–water partition coefficient (Wildman–Crippen LogP) is 6.75. The molecule has 6 heterocycles. The van der Waals surface area contributed by atoms with Gasteiger partial charge < -0.3 is 35.2 Å². The Bertz CT molecular complexity index is 6680. The maximum absolute atomic E-state index is 13.2. The fourth-order valence-corrected chi connectivity index (χ4v) is 13.2. The molecule has 9 aromatic rings. The molecule has 42 nitrogen and oxygen atoms in total. The van der Waals surface area contributed by atoms with Crippen molar-refractivity contribution in [1.29, 1.82) is 0 Å². The average Bonchev–Trinajstić information content (AvgIpc) is 1.64. The Morgan fingerprint density at radius 3 is 1.43 bits per heavy atom. The van der Waals surface area contributed by atoms with Crippen molar-refractivity contribution in [1.82, 2.24) is 35.2 Å². The van der Waals surface area contributed by atoms with Crippen molar-refractivity contribution in [2.45, 2.75) is 80.6 Å². The normalized spacial score (nSPS) is 14.6. The number of ether oxygens (including phenoxy) is 2. The Morgan fingerprint density at radius 2 is 0.976 bits per heavy atom. The Kier molecular flexibility index (Phi) is 29.8. The lowest BCUT2D eigenvalue weighted by molar-refractivity contribution is -0.253. The minimum absolute atomic E-state index is 0.00412. The molecule has 12 rings (SSSR count). The summed E-state index contributed by atoms with van der Waals surface area (Å²) in [5.41, 5.74) is 4.29. The van der Waals surface area contributed by atoms with Crippen LogP contribution in [0.2, 0.25) is 0 Å². The molecule has 4 amide bonds. The number of aliphatic carboxylic acids is 1. The number of aromatic amines is 4. The zero-order valence-corrected chi connectivity index (χ0v) is 68.6. The Hall–Kier alpha value is -14.8. The fraction of sp³-hybridized carbons (Fsp3) is 0.141. The van der Waals surface area contributed by atoms with E-state index in [9.17, 15) is 106 Å². The smallest absolute Gasteiger partial charge is 0.359 e. The third-order valence-electron chi connectivity index (χ3n) is 17.5. The second-order valence-electron chi connectivity index (χ2n) is 25.7. The van der Waals surface area contributed by atoms with E-state index in [1.54, 1.807) is 27.7 Å². The summed E-state index contributed by atoms with van der Waals surface area (Å²) in [4.78, 5) is 127. The van der Waals surface area contributed by atoms with Crippen LogP contribution in [-0.4, -0.2) is 174 Å². The molecule has 648 valence electrons. The first kappa shape index (κ1) is 93.1. The summed E-state index contributed by atoms with van der Waals surface area (Å²) in [6.45, 7) is 10.2. The molecule has 0 bridgehead atoms. The van der Waals surface area contributed by atoms with Crippen molar-refractivity contribution in [3.63, 3.8) is 0 Å². The lowest BCUT2D eigenvalue weighted by atomic mass is 10.0. The first-order chi connectivity index (χ1) is 58.5. The molecule has 14 N–H and O–H groups in total. The molecule has 0 atom stereocenters. The number of esters is 2. The van der Waals surface area contributed by atoms with Crippen molar-refractivity contribution in [3.8, 4) is 22.9 Å². The van der Waals surface area contributed by atoms with E-state index in [1.165, 1.54) is 103 Å². The number of hydrazone groups is 3. The first-order valence-electron chi connectivity index (χ1n) is 36.0. The Morgan fingerprint density at radius 1 is 0.516 bits per heavy atom. The van der Waals surface area contributed by atoms with Crippen LogP contribution in [0.4, 0.5) is 17.1 Å². The minimum Gasteiger partial charge on any atom is -0.508 e. The van der Waals surface area contributed by atoms with E-state index in [4.69, 9.17) is 23.8 Å². The number of aromatic nitrogens is 6. The predicted molar refractivity (Wildman–Crippen MR) is 444 cm³/mol. The molecule has 46 heteroatoms.